The molecule has 1 aliphatic heterocycles. The van der Waals surface area contributed by atoms with Crippen LogP contribution >= 0.6 is 0 Å². The largest absolute Gasteiger partial charge is 0.489 e. The van der Waals surface area contributed by atoms with Gasteiger partial charge in [0, 0.05) is 24.5 Å². The van der Waals surface area contributed by atoms with Gasteiger partial charge in [-0.15, -0.1) is 0 Å². The van der Waals surface area contributed by atoms with E-state index in [9.17, 15) is 13.2 Å². The van der Waals surface area contributed by atoms with Gasteiger partial charge in [0.15, 0.2) is 0 Å². The van der Waals surface area contributed by atoms with Crippen LogP contribution in [0.15, 0.2) is 83.8 Å². The van der Waals surface area contributed by atoms with Crippen LogP contribution in [0.2, 0.25) is 0 Å². The second kappa shape index (κ2) is 10.7. The Balaban J connectivity index is 1.29. The van der Waals surface area contributed by atoms with E-state index in [4.69, 9.17) is 4.74 Å². The van der Waals surface area contributed by atoms with E-state index in [1.807, 2.05) is 54.6 Å². The summed E-state index contributed by atoms with van der Waals surface area (Å²) in [6.07, 6.45) is 1.78. The van der Waals surface area contributed by atoms with Crippen LogP contribution in [0.3, 0.4) is 0 Å². The van der Waals surface area contributed by atoms with Crippen molar-refractivity contribution >= 4 is 27.3 Å². The van der Waals surface area contributed by atoms with Gasteiger partial charge in [0.05, 0.1) is 4.90 Å². The molecule has 0 unspecified atom stereocenters. The van der Waals surface area contributed by atoms with E-state index in [0.29, 0.717) is 25.4 Å². The second-order valence-electron chi connectivity index (χ2n) is 8.29. The monoisotopic (exact) mass is 479 g/mol. The van der Waals surface area contributed by atoms with Crippen LogP contribution in [-0.4, -0.2) is 37.8 Å². The highest BCUT2D eigenvalue weighted by molar-refractivity contribution is 7.89. The van der Waals surface area contributed by atoms with E-state index >= 15 is 0 Å². The van der Waals surface area contributed by atoms with Gasteiger partial charge < -0.3 is 15.4 Å². The fourth-order valence-electron chi connectivity index (χ4n) is 3.74. The van der Waals surface area contributed by atoms with Crippen molar-refractivity contribution in [1.82, 2.24) is 4.31 Å². The molecule has 0 spiro atoms. The third-order valence-corrected chi connectivity index (χ3v) is 7.62. The zero-order valence-corrected chi connectivity index (χ0v) is 19.9. The minimum atomic E-state index is -3.47. The Bertz CT molecular complexity index is 1190. The third-order valence-electron chi connectivity index (χ3n) is 5.70. The van der Waals surface area contributed by atoms with E-state index in [-0.39, 0.29) is 10.8 Å². The first-order chi connectivity index (χ1) is 16.4. The lowest BCUT2D eigenvalue weighted by atomic mass is 10.2. The van der Waals surface area contributed by atoms with Crippen molar-refractivity contribution in [1.29, 1.82) is 0 Å². The van der Waals surface area contributed by atoms with Crippen LogP contribution < -0.4 is 15.4 Å². The lowest BCUT2D eigenvalue weighted by Crippen LogP contribution is -2.32. The second-order valence-corrected chi connectivity index (χ2v) is 10.2. The van der Waals surface area contributed by atoms with Crippen molar-refractivity contribution in [3.63, 3.8) is 0 Å². The summed E-state index contributed by atoms with van der Waals surface area (Å²) in [6.45, 7) is 3.38. The maximum absolute atomic E-state index is 12.6. The van der Waals surface area contributed by atoms with Crippen molar-refractivity contribution < 1.29 is 17.9 Å². The molecule has 1 heterocycles. The van der Waals surface area contributed by atoms with Gasteiger partial charge in [0.1, 0.15) is 18.4 Å². The lowest BCUT2D eigenvalue weighted by molar-refractivity contribution is -0.116. The van der Waals surface area contributed by atoms with Crippen LogP contribution in [0.25, 0.3) is 0 Å². The number of amides is 1. The molecule has 7 nitrogen and oxygen atoms in total. The molecule has 0 radical (unpaired) electrons. The quantitative estimate of drug-likeness (QED) is 0.472. The van der Waals surface area contributed by atoms with E-state index in [2.05, 4.69) is 10.6 Å². The number of hydrogen-bond acceptors (Lipinski definition) is 5. The number of anilines is 2. The molecule has 0 aliphatic carbocycles. The summed E-state index contributed by atoms with van der Waals surface area (Å²) in [5.41, 5.74) is 2.43. The molecule has 1 saturated heterocycles. The summed E-state index contributed by atoms with van der Waals surface area (Å²) in [7, 11) is -3.47. The molecule has 34 heavy (non-hydrogen) atoms. The topological polar surface area (TPSA) is 87.7 Å². The van der Waals surface area contributed by atoms with Crippen LogP contribution in [0.1, 0.15) is 25.3 Å². The summed E-state index contributed by atoms with van der Waals surface area (Å²) >= 11 is 0. The number of carbonyl (C=O) groups is 1. The average molecular weight is 480 g/mol. The summed E-state index contributed by atoms with van der Waals surface area (Å²) in [5.74, 6) is 0.523. The standard InChI is InChI=1S/C26H29N3O4S/c1-20(27-22-9-13-24(14-10-22)33-19-21-7-3-2-4-8-21)26(30)28-23-11-15-25(16-12-23)34(31,32)29-17-5-6-18-29/h2-4,7-16,20,27H,5-6,17-19H2,1H3,(H,28,30)/t20-/m1/s1. The molecule has 3 aromatic carbocycles. The Labute approximate surface area is 200 Å². The van der Waals surface area contributed by atoms with E-state index in [1.165, 1.54) is 16.4 Å². The average Bonchev–Trinajstić information content (AvgIpc) is 3.41. The number of sulfonamides is 1. The first-order valence-electron chi connectivity index (χ1n) is 11.4. The summed E-state index contributed by atoms with van der Waals surface area (Å²) < 4.78 is 32.6. The molecule has 0 bridgehead atoms. The fourth-order valence-corrected chi connectivity index (χ4v) is 5.26. The Hall–Kier alpha value is -3.36. The van der Waals surface area contributed by atoms with Gasteiger partial charge in [0.2, 0.25) is 15.9 Å². The maximum atomic E-state index is 12.6. The normalized spacial score (nSPS) is 15.0. The van der Waals surface area contributed by atoms with Gasteiger partial charge in [-0.2, -0.15) is 4.31 Å². The zero-order chi connectivity index (χ0) is 24.0. The van der Waals surface area contributed by atoms with Crippen molar-refractivity contribution in [2.75, 3.05) is 23.7 Å². The van der Waals surface area contributed by atoms with Gasteiger partial charge >= 0.3 is 0 Å². The predicted octanol–water partition coefficient (Wildman–Crippen LogP) is 4.49. The minimum absolute atomic E-state index is 0.223. The van der Waals surface area contributed by atoms with Gasteiger partial charge in [-0.3, -0.25) is 4.79 Å². The van der Waals surface area contributed by atoms with Crippen LogP contribution in [0.4, 0.5) is 11.4 Å². The summed E-state index contributed by atoms with van der Waals surface area (Å²) in [5, 5.41) is 5.99. The van der Waals surface area contributed by atoms with Crippen molar-refractivity contribution in [2.24, 2.45) is 0 Å². The van der Waals surface area contributed by atoms with Gasteiger partial charge in [-0.05, 0) is 73.9 Å². The van der Waals surface area contributed by atoms with Crippen LogP contribution in [-0.2, 0) is 21.4 Å². The molecule has 3 aromatic rings. The highest BCUT2D eigenvalue weighted by Crippen LogP contribution is 2.23. The number of nitrogens with one attached hydrogen (secondary N) is 2. The number of hydrogen-bond donors (Lipinski definition) is 2. The molecule has 8 heteroatoms. The summed E-state index contributed by atoms with van der Waals surface area (Å²) in [4.78, 5) is 12.9. The minimum Gasteiger partial charge on any atom is -0.489 e. The Morgan fingerprint density at radius 3 is 2.18 bits per heavy atom. The number of benzene rings is 3. The fraction of sp³-hybridized carbons (Fsp3) is 0.269. The SMILES string of the molecule is C[C@@H](Nc1ccc(OCc2ccccc2)cc1)C(=O)Nc1ccc(S(=O)(=O)N2CCCC2)cc1. The molecule has 0 saturated carbocycles. The van der Waals surface area contributed by atoms with E-state index < -0.39 is 16.1 Å². The summed E-state index contributed by atoms with van der Waals surface area (Å²) in [6, 6.07) is 23.2. The molecule has 4 rings (SSSR count). The maximum Gasteiger partial charge on any atom is 0.246 e. The Morgan fingerprint density at radius 1 is 0.912 bits per heavy atom. The van der Waals surface area contributed by atoms with Crippen molar-refractivity contribution in [3.8, 4) is 5.75 Å². The third kappa shape index (κ3) is 5.95. The first-order valence-corrected chi connectivity index (χ1v) is 12.8. The molecule has 1 atom stereocenters. The molecular weight excluding hydrogens is 450 g/mol. The van der Waals surface area contributed by atoms with Crippen molar-refractivity contribution in [2.45, 2.75) is 37.3 Å². The zero-order valence-electron chi connectivity index (χ0n) is 19.1. The van der Waals surface area contributed by atoms with Crippen molar-refractivity contribution in [3.05, 3.63) is 84.4 Å². The first kappa shape index (κ1) is 23.8. The highest BCUT2D eigenvalue weighted by Gasteiger charge is 2.27. The van der Waals surface area contributed by atoms with E-state index in [1.54, 1.807) is 19.1 Å². The molecule has 1 aliphatic rings. The molecule has 1 amide bonds. The molecule has 2 N–H and O–H groups in total. The molecule has 178 valence electrons. The van der Waals surface area contributed by atoms with E-state index in [0.717, 1.165) is 29.8 Å². The van der Waals surface area contributed by atoms with Crippen LogP contribution in [0.5, 0.6) is 5.75 Å². The number of rotatable bonds is 9. The Morgan fingerprint density at radius 2 is 1.53 bits per heavy atom. The molecular formula is C26H29N3O4S. The van der Waals surface area contributed by atoms with Gasteiger partial charge in [-0.1, -0.05) is 30.3 Å². The lowest BCUT2D eigenvalue weighted by Gasteiger charge is -2.17. The van der Waals surface area contributed by atoms with Gasteiger partial charge in [0.25, 0.3) is 0 Å². The predicted molar refractivity (Wildman–Crippen MR) is 133 cm³/mol. The molecule has 0 aromatic heterocycles. The Kier molecular flexibility index (Phi) is 7.49. The van der Waals surface area contributed by atoms with Crippen LogP contribution in [0, 0.1) is 0 Å². The molecule has 1 fully saturated rings. The number of nitrogens with zero attached hydrogens (tertiary/aromatic N) is 1. The number of carbonyl (C=O) groups excluding carboxylic acids is 1. The van der Waals surface area contributed by atoms with Gasteiger partial charge in [-0.25, -0.2) is 8.42 Å². The smallest absolute Gasteiger partial charge is 0.246 e. The number of ether oxygens (including phenoxy) is 1. The highest BCUT2D eigenvalue weighted by atomic mass is 32.2.